The van der Waals surface area contributed by atoms with E-state index in [2.05, 4.69) is 5.32 Å². The van der Waals surface area contributed by atoms with Crippen molar-refractivity contribution in [3.63, 3.8) is 0 Å². The molecule has 3 N–H and O–H groups in total. The maximum absolute atomic E-state index is 11.8. The van der Waals surface area contributed by atoms with Gasteiger partial charge in [0.15, 0.2) is 0 Å². The van der Waals surface area contributed by atoms with E-state index in [-0.39, 0.29) is 11.5 Å². The second-order valence-electron chi connectivity index (χ2n) is 3.98. The third-order valence-corrected chi connectivity index (χ3v) is 3.56. The van der Waals surface area contributed by atoms with Crippen LogP contribution in [0.5, 0.6) is 0 Å². The monoisotopic (exact) mass is 272 g/mol. The number of aryl methyl sites for hydroxylation is 1. The van der Waals surface area contributed by atoms with Gasteiger partial charge in [-0.25, -0.2) is 17.9 Å². The fourth-order valence-electron chi connectivity index (χ4n) is 1.20. The smallest absolute Gasteiger partial charge is 0.328 e. The fourth-order valence-corrected chi connectivity index (χ4v) is 2.11. The van der Waals surface area contributed by atoms with Gasteiger partial charge in [-0.05, 0) is 26.0 Å². The predicted octanol–water partition coefficient (Wildman–Crippen LogP) is 0.364. The van der Waals surface area contributed by atoms with Crippen molar-refractivity contribution in [3.8, 4) is 0 Å². The molecule has 0 heterocycles. The second kappa shape index (κ2) is 5.83. The number of sulfonamides is 1. The van der Waals surface area contributed by atoms with Gasteiger partial charge in [-0.3, -0.25) is 0 Å². The molecule has 1 aromatic carbocycles. The van der Waals surface area contributed by atoms with E-state index in [1.165, 1.54) is 12.1 Å². The molecule has 0 bridgehead atoms. The summed E-state index contributed by atoms with van der Waals surface area (Å²) in [5, 5.41) is 11.0. The van der Waals surface area contributed by atoms with Crippen molar-refractivity contribution >= 4 is 16.1 Å². The summed E-state index contributed by atoms with van der Waals surface area (Å²) in [5.41, 5.74) is 0.923. The molecule has 0 saturated carbocycles. The minimum absolute atomic E-state index is 0.0138. The first kappa shape index (κ1) is 14.5. The lowest BCUT2D eigenvalue weighted by atomic mass is 10.2. The van der Waals surface area contributed by atoms with Gasteiger partial charge in [-0.1, -0.05) is 17.7 Å². The average molecular weight is 272 g/mol. The Bertz CT molecular complexity index is 510. The van der Waals surface area contributed by atoms with Gasteiger partial charge >= 0.3 is 6.03 Å². The number of rotatable bonds is 4. The number of aliphatic hydroxyl groups is 1. The van der Waals surface area contributed by atoms with E-state index in [1.54, 1.807) is 19.1 Å². The number of amides is 2. The molecular formula is C11H16N2O4S. The first-order valence-electron chi connectivity index (χ1n) is 5.36. The number of carbonyl (C=O) groups excluding carboxylic acids is 1. The van der Waals surface area contributed by atoms with E-state index in [9.17, 15) is 13.2 Å². The number of urea groups is 1. The molecule has 18 heavy (non-hydrogen) atoms. The topological polar surface area (TPSA) is 95.5 Å². The largest absolute Gasteiger partial charge is 0.394 e. The van der Waals surface area contributed by atoms with Crippen LogP contribution in [0, 0.1) is 6.92 Å². The number of benzene rings is 1. The molecule has 1 rings (SSSR count). The van der Waals surface area contributed by atoms with Gasteiger partial charge < -0.3 is 10.4 Å². The summed E-state index contributed by atoms with van der Waals surface area (Å²) in [6, 6.07) is 4.74. The minimum atomic E-state index is -3.87. The van der Waals surface area contributed by atoms with E-state index < -0.39 is 22.1 Å². The lowest BCUT2D eigenvalue weighted by Crippen LogP contribution is -2.44. The second-order valence-corrected chi connectivity index (χ2v) is 5.66. The highest BCUT2D eigenvalue weighted by Crippen LogP contribution is 2.09. The molecule has 1 aromatic rings. The van der Waals surface area contributed by atoms with E-state index in [0.29, 0.717) is 0 Å². The van der Waals surface area contributed by atoms with Crippen molar-refractivity contribution in [2.45, 2.75) is 24.8 Å². The van der Waals surface area contributed by atoms with E-state index in [1.807, 2.05) is 11.6 Å². The Morgan fingerprint density at radius 1 is 1.33 bits per heavy atom. The number of nitrogens with one attached hydrogen (secondary N) is 2. The Morgan fingerprint density at radius 2 is 1.89 bits per heavy atom. The molecule has 0 aromatic heterocycles. The Hall–Kier alpha value is -1.60. The van der Waals surface area contributed by atoms with Crippen LogP contribution in [0.25, 0.3) is 0 Å². The SMILES string of the molecule is Cc1ccc(S(=O)(=O)NC(=O)N[C@@H](C)CO)cc1. The van der Waals surface area contributed by atoms with Crippen molar-refractivity contribution in [1.82, 2.24) is 10.0 Å². The maximum Gasteiger partial charge on any atom is 0.328 e. The third-order valence-electron chi connectivity index (χ3n) is 2.21. The van der Waals surface area contributed by atoms with Crippen molar-refractivity contribution < 1.29 is 18.3 Å². The fraction of sp³-hybridized carbons (Fsp3) is 0.364. The van der Waals surface area contributed by atoms with Gasteiger partial charge in [0.2, 0.25) is 0 Å². The van der Waals surface area contributed by atoms with Gasteiger partial charge in [0.25, 0.3) is 10.0 Å². The molecule has 0 aliphatic heterocycles. The average Bonchev–Trinajstić information content (AvgIpc) is 2.28. The zero-order valence-electron chi connectivity index (χ0n) is 10.2. The van der Waals surface area contributed by atoms with Crippen LogP contribution in [0.4, 0.5) is 4.79 Å². The molecule has 100 valence electrons. The molecule has 0 aliphatic rings. The summed E-state index contributed by atoms with van der Waals surface area (Å²) in [5.74, 6) is 0. The number of aliphatic hydroxyl groups excluding tert-OH is 1. The lowest BCUT2D eigenvalue weighted by molar-refractivity contribution is 0.224. The van der Waals surface area contributed by atoms with Crippen LogP contribution in [0.3, 0.4) is 0 Å². The van der Waals surface area contributed by atoms with Gasteiger partial charge in [0.1, 0.15) is 0 Å². The molecule has 6 nitrogen and oxygen atoms in total. The molecule has 0 fully saturated rings. The molecule has 0 radical (unpaired) electrons. The molecule has 1 atom stereocenters. The molecule has 0 aliphatic carbocycles. The van der Waals surface area contributed by atoms with Crippen molar-refractivity contribution in [2.75, 3.05) is 6.61 Å². The van der Waals surface area contributed by atoms with Crippen LogP contribution >= 0.6 is 0 Å². The van der Waals surface area contributed by atoms with Crippen LogP contribution in [0.15, 0.2) is 29.2 Å². The van der Waals surface area contributed by atoms with E-state index >= 15 is 0 Å². The molecule has 0 spiro atoms. The summed E-state index contributed by atoms with van der Waals surface area (Å²) < 4.78 is 25.4. The quantitative estimate of drug-likeness (QED) is 0.737. The standard InChI is InChI=1S/C11H16N2O4S/c1-8-3-5-10(6-4-8)18(16,17)13-11(15)12-9(2)7-14/h3-6,9,14H,7H2,1-2H3,(H2,12,13,15)/t9-/m0/s1. The van der Waals surface area contributed by atoms with Crippen LogP contribution < -0.4 is 10.0 Å². The molecule has 0 saturated heterocycles. The van der Waals surface area contributed by atoms with Crippen molar-refractivity contribution in [3.05, 3.63) is 29.8 Å². The summed E-state index contributed by atoms with van der Waals surface area (Å²) in [4.78, 5) is 11.4. The van der Waals surface area contributed by atoms with Gasteiger partial charge in [-0.15, -0.1) is 0 Å². The van der Waals surface area contributed by atoms with Crippen LogP contribution in [0.1, 0.15) is 12.5 Å². The maximum atomic E-state index is 11.8. The number of hydrogen-bond acceptors (Lipinski definition) is 4. The first-order valence-corrected chi connectivity index (χ1v) is 6.84. The van der Waals surface area contributed by atoms with Gasteiger partial charge in [0, 0.05) is 0 Å². The van der Waals surface area contributed by atoms with E-state index in [0.717, 1.165) is 5.56 Å². The zero-order chi connectivity index (χ0) is 13.8. The highest BCUT2D eigenvalue weighted by molar-refractivity contribution is 7.90. The molecule has 7 heteroatoms. The highest BCUT2D eigenvalue weighted by atomic mass is 32.2. The summed E-state index contributed by atoms with van der Waals surface area (Å²) in [6.45, 7) is 3.12. The Balaban J connectivity index is 2.76. The highest BCUT2D eigenvalue weighted by Gasteiger charge is 2.18. The molecule has 2 amide bonds. The van der Waals surface area contributed by atoms with E-state index in [4.69, 9.17) is 5.11 Å². The minimum Gasteiger partial charge on any atom is -0.394 e. The zero-order valence-corrected chi connectivity index (χ0v) is 11.0. The van der Waals surface area contributed by atoms with Gasteiger partial charge in [0.05, 0.1) is 17.5 Å². The van der Waals surface area contributed by atoms with Crippen LogP contribution in [-0.2, 0) is 10.0 Å². The predicted molar refractivity (Wildman–Crippen MR) is 66.6 cm³/mol. The summed E-state index contributed by atoms with van der Waals surface area (Å²) >= 11 is 0. The molecule has 0 unspecified atom stereocenters. The van der Waals surface area contributed by atoms with Crippen molar-refractivity contribution in [2.24, 2.45) is 0 Å². The summed E-state index contributed by atoms with van der Waals surface area (Å²) in [7, 11) is -3.87. The normalized spacial score (nSPS) is 12.8. The Kier molecular flexibility index (Phi) is 4.69. The molecular weight excluding hydrogens is 256 g/mol. The third kappa shape index (κ3) is 4.01. The van der Waals surface area contributed by atoms with Crippen molar-refractivity contribution in [1.29, 1.82) is 0 Å². The number of carbonyl (C=O) groups is 1. The number of hydrogen-bond donors (Lipinski definition) is 3. The first-order chi connectivity index (χ1) is 8.35. The Labute approximate surface area is 106 Å². The Morgan fingerprint density at radius 3 is 2.39 bits per heavy atom. The van der Waals surface area contributed by atoms with Crippen LogP contribution in [-0.4, -0.2) is 32.2 Å². The summed E-state index contributed by atoms with van der Waals surface area (Å²) in [6.07, 6.45) is 0. The van der Waals surface area contributed by atoms with Gasteiger partial charge in [-0.2, -0.15) is 0 Å². The lowest BCUT2D eigenvalue weighted by Gasteiger charge is -2.12. The van der Waals surface area contributed by atoms with Crippen LogP contribution in [0.2, 0.25) is 0 Å².